The van der Waals surface area contributed by atoms with E-state index >= 15 is 0 Å². The first-order chi connectivity index (χ1) is 16.5. The highest BCUT2D eigenvalue weighted by molar-refractivity contribution is 7.98. The van der Waals surface area contributed by atoms with E-state index in [1.165, 1.54) is 31.2 Å². The maximum atomic E-state index is 13.0. The fraction of sp³-hybridized carbons (Fsp3) is 0.600. The molecule has 1 heterocycles. The number of guanidine groups is 1. The van der Waals surface area contributed by atoms with Gasteiger partial charge in [0.05, 0.1) is 12.4 Å². The summed E-state index contributed by atoms with van der Waals surface area (Å²) in [5, 5.41) is 17.2. The normalized spacial score (nSPS) is 14.1. The maximum Gasteiger partial charge on any atom is 0.326 e. The minimum absolute atomic E-state index is 0.0312. The van der Waals surface area contributed by atoms with Crippen LogP contribution < -0.4 is 33.2 Å². The quantitative estimate of drug-likeness (QED) is 0.0664. The standard InChI is InChI=1S/C20H35N9O5S/c1-11(21)16(30)27-14(5-7-35-2)18(32)28-13(4-3-6-25-20(22)23)17(31)29-15(19(33)34)8-12-9-24-10-26-12/h9-11,13-15H,3-8,21H2,1-2H3,(H,24,26)(H,27,30)(H,28,32)(H,29,31)(H,33,34)(H4,22,23,25). The van der Waals surface area contributed by atoms with Gasteiger partial charge < -0.3 is 43.2 Å². The number of amides is 3. The number of carbonyl (C=O) groups excluding carboxylic acids is 3. The molecule has 0 aromatic carbocycles. The molecule has 1 aromatic heterocycles. The molecule has 0 aliphatic rings. The van der Waals surface area contributed by atoms with Crippen LogP contribution in [0.1, 0.15) is 31.9 Å². The van der Waals surface area contributed by atoms with E-state index in [-0.39, 0.29) is 25.3 Å². The van der Waals surface area contributed by atoms with Crippen LogP contribution in [0.5, 0.6) is 0 Å². The van der Waals surface area contributed by atoms with E-state index in [4.69, 9.17) is 17.2 Å². The van der Waals surface area contributed by atoms with Gasteiger partial charge in [0.1, 0.15) is 18.1 Å². The maximum absolute atomic E-state index is 13.0. The lowest BCUT2D eigenvalue weighted by Crippen LogP contribution is -2.57. The molecule has 14 nitrogen and oxygen atoms in total. The molecule has 0 saturated heterocycles. The molecule has 196 valence electrons. The first-order valence-electron chi connectivity index (χ1n) is 11.0. The highest BCUT2D eigenvalue weighted by atomic mass is 32.2. The number of hydrogen-bond acceptors (Lipinski definition) is 8. The number of aromatic nitrogens is 2. The first kappa shape index (κ1) is 29.7. The van der Waals surface area contributed by atoms with Gasteiger partial charge in [-0.15, -0.1) is 0 Å². The van der Waals surface area contributed by atoms with E-state index in [2.05, 4.69) is 30.9 Å². The van der Waals surface area contributed by atoms with Crippen molar-refractivity contribution in [2.24, 2.45) is 22.2 Å². The fourth-order valence-corrected chi connectivity index (χ4v) is 3.41. The first-order valence-corrected chi connectivity index (χ1v) is 12.4. The zero-order valence-electron chi connectivity index (χ0n) is 19.8. The second kappa shape index (κ2) is 15.5. The van der Waals surface area contributed by atoms with Crippen LogP contribution in [0.25, 0.3) is 0 Å². The number of carboxylic acid groups (broad SMARTS) is 1. The molecular formula is C20H35N9O5S. The largest absolute Gasteiger partial charge is 0.480 e. The van der Waals surface area contributed by atoms with Crippen LogP contribution in [0, 0.1) is 0 Å². The van der Waals surface area contributed by atoms with E-state index in [9.17, 15) is 24.3 Å². The van der Waals surface area contributed by atoms with Crippen molar-refractivity contribution < 1.29 is 24.3 Å². The van der Waals surface area contributed by atoms with Crippen molar-refractivity contribution in [3.8, 4) is 0 Å². The molecule has 0 bridgehead atoms. The number of aromatic amines is 1. The lowest BCUT2D eigenvalue weighted by atomic mass is 10.1. The number of nitrogens with one attached hydrogen (secondary N) is 4. The van der Waals surface area contributed by atoms with Crippen molar-refractivity contribution in [3.63, 3.8) is 0 Å². The van der Waals surface area contributed by atoms with Gasteiger partial charge in [0.25, 0.3) is 0 Å². The number of carboxylic acids is 1. The molecule has 15 heteroatoms. The number of nitrogens with two attached hydrogens (primary N) is 3. The van der Waals surface area contributed by atoms with E-state index in [0.717, 1.165) is 0 Å². The molecule has 35 heavy (non-hydrogen) atoms. The Morgan fingerprint density at radius 2 is 1.69 bits per heavy atom. The molecule has 11 N–H and O–H groups in total. The van der Waals surface area contributed by atoms with Crippen LogP contribution in [0.4, 0.5) is 0 Å². The van der Waals surface area contributed by atoms with E-state index in [0.29, 0.717) is 24.3 Å². The summed E-state index contributed by atoms with van der Waals surface area (Å²) in [6.45, 7) is 1.69. The Bertz CT molecular complexity index is 859. The van der Waals surface area contributed by atoms with Crippen molar-refractivity contribution in [2.45, 2.75) is 56.8 Å². The highest BCUT2D eigenvalue weighted by Crippen LogP contribution is 2.06. The van der Waals surface area contributed by atoms with Gasteiger partial charge in [-0.25, -0.2) is 9.78 Å². The van der Waals surface area contributed by atoms with Crippen molar-refractivity contribution in [3.05, 3.63) is 18.2 Å². The molecule has 4 unspecified atom stereocenters. The van der Waals surface area contributed by atoms with Crippen LogP contribution in [-0.4, -0.2) is 87.4 Å². The Labute approximate surface area is 207 Å². The summed E-state index contributed by atoms with van der Waals surface area (Å²) in [6.07, 6.45) is 5.44. The van der Waals surface area contributed by atoms with Gasteiger partial charge in [0.2, 0.25) is 17.7 Å². The molecule has 0 aliphatic heterocycles. The number of H-pyrrole nitrogens is 1. The van der Waals surface area contributed by atoms with Crippen molar-refractivity contribution in [1.29, 1.82) is 0 Å². The number of imidazole rings is 1. The second-order valence-corrected chi connectivity index (χ2v) is 8.81. The molecule has 0 radical (unpaired) electrons. The van der Waals surface area contributed by atoms with Crippen LogP contribution in [0.3, 0.4) is 0 Å². The summed E-state index contributed by atoms with van der Waals surface area (Å²) in [5.74, 6) is -2.58. The van der Waals surface area contributed by atoms with E-state index in [1.807, 2.05) is 6.26 Å². The summed E-state index contributed by atoms with van der Waals surface area (Å²) in [6, 6.07) is -4.10. The SMILES string of the molecule is CSCCC(NC(=O)C(C)N)C(=O)NC(CCCN=C(N)N)C(=O)NC(Cc1cnc[nH]1)C(=O)O. The molecule has 0 saturated carbocycles. The Hall–Kier alpha value is -3.33. The molecule has 1 rings (SSSR count). The Morgan fingerprint density at radius 1 is 1.09 bits per heavy atom. The zero-order chi connectivity index (χ0) is 26.4. The van der Waals surface area contributed by atoms with Crippen LogP contribution in [0.2, 0.25) is 0 Å². The molecular weight excluding hydrogens is 478 g/mol. The zero-order valence-corrected chi connectivity index (χ0v) is 20.6. The third kappa shape index (κ3) is 11.6. The van der Waals surface area contributed by atoms with Gasteiger partial charge >= 0.3 is 5.97 Å². The Kier molecular flexibility index (Phi) is 13.2. The number of hydrogen-bond donors (Lipinski definition) is 8. The van der Waals surface area contributed by atoms with E-state index in [1.54, 1.807) is 0 Å². The van der Waals surface area contributed by atoms with Crippen molar-refractivity contribution in [1.82, 2.24) is 25.9 Å². The van der Waals surface area contributed by atoms with Gasteiger partial charge in [-0.2, -0.15) is 11.8 Å². The third-order valence-corrected chi connectivity index (χ3v) is 5.47. The molecule has 3 amide bonds. The summed E-state index contributed by atoms with van der Waals surface area (Å²) >= 11 is 1.49. The number of aliphatic carboxylic acids is 1. The molecule has 1 aromatic rings. The Balaban J connectivity index is 2.99. The average Bonchev–Trinajstić information content (AvgIpc) is 3.30. The topological polar surface area (TPSA) is 244 Å². The van der Waals surface area contributed by atoms with Crippen LogP contribution in [0.15, 0.2) is 17.5 Å². The van der Waals surface area contributed by atoms with E-state index < -0.39 is 47.9 Å². The van der Waals surface area contributed by atoms with Gasteiger partial charge in [-0.1, -0.05) is 0 Å². The molecule has 0 fully saturated rings. The van der Waals surface area contributed by atoms with Gasteiger partial charge in [-0.3, -0.25) is 19.4 Å². The summed E-state index contributed by atoms with van der Waals surface area (Å²) in [4.78, 5) is 60.3. The summed E-state index contributed by atoms with van der Waals surface area (Å²) in [7, 11) is 0. The monoisotopic (exact) mass is 513 g/mol. The van der Waals surface area contributed by atoms with Crippen molar-refractivity contribution in [2.75, 3.05) is 18.6 Å². The second-order valence-electron chi connectivity index (χ2n) is 7.82. The average molecular weight is 514 g/mol. The molecule has 4 atom stereocenters. The molecule has 0 spiro atoms. The third-order valence-electron chi connectivity index (χ3n) is 4.83. The van der Waals surface area contributed by atoms with Crippen LogP contribution in [-0.2, 0) is 25.6 Å². The lowest BCUT2D eigenvalue weighted by Gasteiger charge is -2.25. The number of thioether (sulfide) groups is 1. The van der Waals surface area contributed by atoms with Gasteiger partial charge in [0, 0.05) is 24.9 Å². The van der Waals surface area contributed by atoms with Gasteiger partial charge in [-0.05, 0) is 38.2 Å². The van der Waals surface area contributed by atoms with Crippen LogP contribution >= 0.6 is 11.8 Å². The molecule has 0 aliphatic carbocycles. The van der Waals surface area contributed by atoms with Gasteiger partial charge in [0.15, 0.2) is 5.96 Å². The number of carbonyl (C=O) groups is 4. The fourth-order valence-electron chi connectivity index (χ4n) is 2.94. The minimum Gasteiger partial charge on any atom is -0.480 e. The highest BCUT2D eigenvalue weighted by Gasteiger charge is 2.30. The predicted molar refractivity (Wildman–Crippen MR) is 132 cm³/mol. The Morgan fingerprint density at radius 3 is 2.20 bits per heavy atom. The predicted octanol–water partition coefficient (Wildman–Crippen LogP) is -2.35. The lowest BCUT2D eigenvalue weighted by molar-refractivity contribution is -0.142. The summed E-state index contributed by atoms with van der Waals surface area (Å²) < 4.78 is 0. The number of nitrogens with zero attached hydrogens (tertiary/aromatic N) is 2. The number of aliphatic imine (C=N–C) groups is 1. The summed E-state index contributed by atoms with van der Waals surface area (Å²) in [5.41, 5.74) is 16.8. The smallest absolute Gasteiger partial charge is 0.326 e. The van der Waals surface area contributed by atoms with Crippen molar-refractivity contribution >= 4 is 41.4 Å². The minimum atomic E-state index is -1.26. The number of rotatable bonds is 16.